The molecule has 0 unspecified atom stereocenters. The van der Waals surface area contributed by atoms with Gasteiger partial charge in [-0.1, -0.05) is 0 Å². The van der Waals surface area contributed by atoms with E-state index in [0.717, 1.165) is 17.3 Å². The molecule has 0 saturated carbocycles. The molecule has 0 aliphatic rings. The molecule has 0 aliphatic carbocycles. The summed E-state index contributed by atoms with van der Waals surface area (Å²) in [7, 11) is 0. The minimum Gasteiger partial charge on any atom is -0.396 e. The van der Waals surface area contributed by atoms with Gasteiger partial charge in [0.05, 0.1) is 5.69 Å². The molecule has 0 heterocycles. The summed E-state index contributed by atoms with van der Waals surface area (Å²) in [6, 6.07) is 2.80. The topological polar surface area (TPSA) is 49.8 Å². The van der Waals surface area contributed by atoms with Crippen LogP contribution in [0.15, 0.2) is 17.0 Å². The first-order chi connectivity index (χ1) is 5.65. The zero-order valence-corrected chi connectivity index (χ0v) is 7.28. The molecule has 0 aliphatic heterocycles. The zero-order valence-electron chi connectivity index (χ0n) is 6.47. The highest BCUT2D eigenvalue weighted by molar-refractivity contribution is 8.03. The summed E-state index contributed by atoms with van der Waals surface area (Å²) in [5.74, 6) is -0.435. The Labute approximate surface area is 74.2 Å². The average molecular weight is 182 g/mol. The van der Waals surface area contributed by atoms with Gasteiger partial charge in [-0.2, -0.15) is 5.26 Å². The number of nitrogen functional groups attached to an aromatic ring is 1. The smallest absolute Gasteiger partial charge is 0.146 e. The fourth-order valence-corrected chi connectivity index (χ4v) is 1.33. The molecule has 12 heavy (non-hydrogen) atoms. The van der Waals surface area contributed by atoms with E-state index in [9.17, 15) is 4.39 Å². The van der Waals surface area contributed by atoms with Crippen molar-refractivity contribution >= 4 is 17.4 Å². The molecule has 0 amide bonds. The van der Waals surface area contributed by atoms with Gasteiger partial charge in [0, 0.05) is 4.90 Å². The summed E-state index contributed by atoms with van der Waals surface area (Å²) in [6.45, 7) is 1.74. The van der Waals surface area contributed by atoms with Crippen LogP contribution >= 0.6 is 11.8 Å². The lowest BCUT2D eigenvalue weighted by atomic mass is 10.2. The second-order valence-corrected chi connectivity index (χ2v) is 3.16. The van der Waals surface area contributed by atoms with Crippen LogP contribution in [0.3, 0.4) is 0 Å². The number of nitrogens with zero attached hydrogens (tertiary/aromatic N) is 1. The fourth-order valence-electron chi connectivity index (χ4n) is 0.828. The molecule has 0 bridgehead atoms. The number of rotatable bonds is 1. The number of anilines is 1. The van der Waals surface area contributed by atoms with Crippen LogP contribution < -0.4 is 5.73 Å². The number of hydrogen-bond donors (Lipinski definition) is 1. The maximum Gasteiger partial charge on any atom is 0.146 e. The van der Waals surface area contributed by atoms with Gasteiger partial charge in [-0.25, -0.2) is 4.39 Å². The van der Waals surface area contributed by atoms with Gasteiger partial charge in [0.1, 0.15) is 11.2 Å². The molecular weight excluding hydrogens is 175 g/mol. The molecule has 4 heteroatoms. The van der Waals surface area contributed by atoms with Crippen molar-refractivity contribution in [1.82, 2.24) is 0 Å². The van der Waals surface area contributed by atoms with E-state index >= 15 is 0 Å². The minimum atomic E-state index is -0.435. The van der Waals surface area contributed by atoms with Gasteiger partial charge in [-0.05, 0) is 36.4 Å². The number of nitriles is 1. The molecule has 0 aromatic heterocycles. The summed E-state index contributed by atoms with van der Waals surface area (Å²) in [4.78, 5) is 0.705. The third-order valence-corrected chi connectivity index (χ3v) is 2.20. The summed E-state index contributed by atoms with van der Waals surface area (Å²) in [6.07, 6.45) is 0. The van der Waals surface area contributed by atoms with Crippen molar-refractivity contribution < 1.29 is 4.39 Å². The first-order valence-corrected chi connectivity index (χ1v) is 4.08. The van der Waals surface area contributed by atoms with Crippen LogP contribution in [0.2, 0.25) is 0 Å². The second-order valence-electron chi connectivity index (χ2n) is 2.33. The molecule has 0 radical (unpaired) electrons. The number of halogens is 1. The van der Waals surface area contributed by atoms with Crippen LogP contribution in [-0.2, 0) is 0 Å². The van der Waals surface area contributed by atoms with Gasteiger partial charge in [-0.15, -0.1) is 0 Å². The Morgan fingerprint density at radius 1 is 1.58 bits per heavy atom. The molecule has 0 atom stereocenters. The minimum absolute atomic E-state index is 0.0818. The fraction of sp³-hybridized carbons (Fsp3) is 0.125. The number of hydrogen-bond acceptors (Lipinski definition) is 3. The lowest BCUT2D eigenvalue weighted by molar-refractivity contribution is 0.630. The van der Waals surface area contributed by atoms with Crippen LogP contribution in [0.25, 0.3) is 0 Å². The number of nitrogens with two attached hydrogens (primary N) is 1. The molecule has 1 rings (SSSR count). The standard InChI is InChI=1S/C8H7FN2S/c1-5-2-6(9)7(11)3-8(5)12-4-10/h2-3H,11H2,1H3. The average Bonchev–Trinajstić information content (AvgIpc) is 2.01. The maximum atomic E-state index is 12.8. The second kappa shape index (κ2) is 3.46. The van der Waals surface area contributed by atoms with Crippen LogP contribution in [0.5, 0.6) is 0 Å². The van der Waals surface area contributed by atoms with E-state index in [4.69, 9.17) is 11.0 Å². The van der Waals surface area contributed by atoms with Crippen LogP contribution in [0.4, 0.5) is 10.1 Å². The Bertz CT molecular complexity index is 344. The van der Waals surface area contributed by atoms with Crippen LogP contribution in [-0.4, -0.2) is 0 Å². The molecular formula is C8H7FN2S. The summed E-state index contributed by atoms with van der Waals surface area (Å²) in [5.41, 5.74) is 6.13. The SMILES string of the molecule is Cc1cc(F)c(N)cc1SC#N. The normalized spacial score (nSPS) is 9.42. The van der Waals surface area contributed by atoms with Crippen molar-refractivity contribution in [3.05, 3.63) is 23.5 Å². The first-order valence-electron chi connectivity index (χ1n) is 3.26. The zero-order chi connectivity index (χ0) is 9.14. The van der Waals surface area contributed by atoms with Crippen molar-refractivity contribution in [2.75, 3.05) is 5.73 Å². The van der Waals surface area contributed by atoms with Crippen molar-refractivity contribution in [1.29, 1.82) is 5.26 Å². The number of thioether (sulfide) groups is 1. The van der Waals surface area contributed by atoms with Gasteiger partial charge in [-0.3, -0.25) is 0 Å². The first kappa shape index (κ1) is 8.88. The van der Waals surface area contributed by atoms with Gasteiger partial charge in [0.25, 0.3) is 0 Å². The number of benzene rings is 1. The Morgan fingerprint density at radius 3 is 2.83 bits per heavy atom. The van der Waals surface area contributed by atoms with E-state index in [2.05, 4.69) is 0 Å². The molecule has 0 fully saturated rings. The van der Waals surface area contributed by atoms with E-state index < -0.39 is 5.82 Å². The van der Waals surface area contributed by atoms with Crippen LogP contribution in [0.1, 0.15) is 5.56 Å². The Morgan fingerprint density at radius 2 is 2.25 bits per heavy atom. The van der Waals surface area contributed by atoms with Crippen molar-refractivity contribution in [2.24, 2.45) is 0 Å². The highest BCUT2D eigenvalue weighted by Crippen LogP contribution is 2.25. The van der Waals surface area contributed by atoms with Gasteiger partial charge >= 0.3 is 0 Å². The molecule has 62 valence electrons. The van der Waals surface area contributed by atoms with E-state index in [1.54, 1.807) is 6.92 Å². The third kappa shape index (κ3) is 1.69. The van der Waals surface area contributed by atoms with Gasteiger partial charge in [0.2, 0.25) is 0 Å². The maximum absolute atomic E-state index is 12.8. The van der Waals surface area contributed by atoms with E-state index in [-0.39, 0.29) is 5.69 Å². The van der Waals surface area contributed by atoms with Crippen molar-refractivity contribution in [2.45, 2.75) is 11.8 Å². The monoisotopic (exact) mass is 182 g/mol. The van der Waals surface area contributed by atoms with Crippen molar-refractivity contribution in [3.8, 4) is 5.40 Å². The highest BCUT2D eigenvalue weighted by Gasteiger charge is 2.04. The predicted octanol–water partition coefficient (Wildman–Crippen LogP) is 2.29. The molecule has 2 N–H and O–H groups in total. The lowest BCUT2D eigenvalue weighted by Gasteiger charge is -2.02. The molecule has 0 saturated heterocycles. The Balaban J connectivity index is 3.16. The summed E-state index contributed by atoms with van der Waals surface area (Å²) in [5, 5.41) is 10.3. The van der Waals surface area contributed by atoms with E-state index in [1.807, 2.05) is 5.40 Å². The van der Waals surface area contributed by atoms with Gasteiger partial charge in [0.15, 0.2) is 0 Å². The van der Waals surface area contributed by atoms with E-state index in [0.29, 0.717) is 4.90 Å². The largest absolute Gasteiger partial charge is 0.396 e. The Hall–Kier alpha value is -1.21. The van der Waals surface area contributed by atoms with E-state index in [1.165, 1.54) is 12.1 Å². The molecule has 0 spiro atoms. The number of thiocyanates is 1. The van der Waals surface area contributed by atoms with Crippen molar-refractivity contribution in [3.63, 3.8) is 0 Å². The molecule has 1 aromatic rings. The molecule has 1 aromatic carbocycles. The van der Waals surface area contributed by atoms with Crippen LogP contribution in [0, 0.1) is 23.4 Å². The quantitative estimate of drug-likeness (QED) is 0.412. The Kier molecular flexibility index (Phi) is 2.56. The molecule has 2 nitrogen and oxygen atoms in total. The van der Waals surface area contributed by atoms with Gasteiger partial charge < -0.3 is 5.73 Å². The summed E-state index contributed by atoms with van der Waals surface area (Å²) < 4.78 is 12.8. The third-order valence-electron chi connectivity index (χ3n) is 1.45. The number of aryl methyl sites for hydroxylation is 1. The lowest BCUT2D eigenvalue weighted by Crippen LogP contribution is -1.92. The highest BCUT2D eigenvalue weighted by atomic mass is 32.2. The predicted molar refractivity (Wildman–Crippen MR) is 47.0 cm³/mol. The summed E-state index contributed by atoms with van der Waals surface area (Å²) >= 11 is 0.984.